The summed E-state index contributed by atoms with van der Waals surface area (Å²) < 4.78 is 5.07. The lowest BCUT2D eigenvalue weighted by molar-refractivity contribution is -0.142. The summed E-state index contributed by atoms with van der Waals surface area (Å²) in [4.78, 5) is 13.2. The molecule has 0 aromatic rings. The molecule has 0 amide bonds. The topological polar surface area (TPSA) is 29.5 Å². The Balaban J connectivity index is 2.05. The minimum atomic E-state index is -0.195. The molecule has 1 aliphatic rings. The van der Waals surface area contributed by atoms with Crippen LogP contribution in [-0.4, -0.2) is 53.4 Å². The van der Waals surface area contributed by atoms with Crippen LogP contribution >= 0.6 is 27.7 Å². The first-order valence-electron chi connectivity index (χ1n) is 4.81. The number of thioether (sulfide) groups is 1. The maximum absolute atomic E-state index is 11.1. The van der Waals surface area contributed by atoms with Gasteiger partial charge in [0.2, 0.25) is 0 Å². The zero-order valence-electron chi connectivity index (χ0n) is 8.37. The second-order valence-electron chi connectivity index (χ2n) is 3.24. The maximum atomic E-state index is 11.1. The van der Waals surface area contributed by atoms with Gasteiger partial charge in [0.15, 0.2) is 0 Å². The average Bonchev–Trinajstić information content (AvgIpc) is 2.19. The molecule has 14 heavy (non-hydrogen) atoms. The summed E-state index contributed by atoms with van der Waals surface area (Å²) in [5, 5.41) is 0. The van der Waals surface area contributed by atoms with Crippen molar-refractivity contribution >= 4 is 33.7 Å². The normalized spacial score (nSPS) is 20.4. The molecule has 1 saturated heterocycles. The molecule has 0 aromatic heterocycles. The molecule has 3 nitrogen and oxygen atoms in total. The third-order valence-corrected chi connectivity index (χ3v) is 3.40. The van der Waals surface area contributed by atoms with E-state index < -0.39 is 0 Å². The molecule has 0 saturated carbocycles. The van der Waals surface area contributed by atoms with Crippen molar-refractivity contribution < 1.29 is 9.53 Å². The minimum absolute atomic E-state index is 0.170. The lowest BCUT2D eigenvalue weighted by atomic mass is 10.4. The van der Waals surface area contributed by atoms with E-state index in [2.05, 4.69) is 20.8 Å². The fourth-order valence-electron chi connectivity index (χ4n) is 1.21. The van der Waals surface area contributed by atoms with Gasteiger partial charge in [0.25, 0.3) is 0 Å². The fourth-order valence-corrected chi connectivity index (χ4v) is 2.33. The predicted octanol–water partition coefficient (Wildman–Crippen LogP) is 1.36. The Hall–Kier alpha value is 0.260. The van der Waals surface area contributed by atoms with E-state index in [1.807, 2.05) is 11.8 Å². The summed E-state index contributed by atoms with van der Waals surface area (Å²) in [5.74, 6) is 2.22. The van der Waals surface area contributed by atoms with Crippen LogP contribution in [-0.2, 0) is 9.53 Å². The number of halogens is 1. The lowest BCUT2D eigenvalue weighted by Gasteiger charge is -2.25. The molecular weight excluding hydrogens is 266 g/mol. The molecule has 1 aliphatic heterocycles. The van der Waals surface area contributed by atoms with Gasteiger partial charge in [-0.05, 0) is 6.92 Å². The Kier molecular flexibility index (Phi) is 5.89. The predicted molar refractivity (Wildman–Crippen MR) is 63.1 cm³/mol. The molecule has 0 aliphatic carbocycles. The Labute approximate surface area is 97.7 Å². The highest BCUT2D eigenvalue weighted by Gasteiger charge is 2.12. The van der Waals surface area contributed by atoms with Crippen LogP contribution in [0.1, 0.15) is 6.92 Å². The van der Waals surface area contributed by atoms with Crippen LogP contribution in [0.3, 0.4) is 0 Å². The van der Waals surface area contributed by atoms with Gasteiger partial charge >= 0.3 is 5.97 Å². The van der Waals surface area contributed by atoms with Gasteiger partial charge < -0.3 is 4.74 Å². The molecule has 1 rings (SSSR count). The van der Waals surface area contributed by atoms with E-state index in [1.54, 1.807) is 6.92 Å². The van der Waals surface area contributed by atoms with Crippen molar-refractivity contribution in [3.8, 4) is 0 Å². The first-order chi connectivity index (χ1) is 6.70. The Morgan fingerprint density at radius 2 is 2.21 bits per heavy atom. The van der Waals surface area contributed by atoms with E-state index in [0.717, 1.165) is 19.6 Å². The third-order valence-electron chi connectivity index (χ3n) is 2.08. The number of hydrogen-bond donors (Lipinski definition) is 0. The van der Waals surface area contributed by atoms with Crippen LogP contribution in [0, 0.1) is 0 Å². The molecule has 82 valence electrons. The summed E-state index contributed by atoms with van der Waals surface area (Å²) >= 11 is 5.16. The highest BCUT2D eigenvalue weighted by atomic mass is 79.9. The van der Waals surface area contributed by atoms with Crippen LogP contribution in [0.2, 0.25) is 0 Å². The van der Waals surface area contributed by atoms with Crippen molar-refractivity contribution in [2.45, 2.75) is 11.8 Å². The van der Waals surface area contributed by atoms with Crippen LogP contribution in [0.4, 0.5) is 0 Å². The number of carbonyl (C=O) groups excluding carboxylic acids is 1. The van der Waals surface area contributed by atoms with E-state index in [9.17, 15) is 4.79 Å². The van der Waals surface area contributed by atoms with Gasteiger partial charge in [0.05, 0.1) is 0 Å². The molecule has 0 radical (unpaired) electrons. The Morgan fingerprint density at radius 3 is 2.79 bits per heavy atom. The zero-order valence-corrected chi connectivity index (χ0v) is 10.8. The highest BCUT2D eigenvalue weighted by Crippen LogP contribution is 2.08. The number of rotatable bonds is 4. The summed E-state index contributed by atoms with van der Waals surface area (Å²) in [6.07, 6.45) is 0. The van der Waals surface area contributed by atoms with E-state index in [0.29, 0.717) is 6.61 Å². The summed E-state index contributed by atoms with van der Waals surface area (Å²) in [5.41, 5.74) is 0. The van der Waals surface area contributed by atoms with Crippen LogP contribution in [0.25, 0.3) is 0 Å². The maximum Gasteiger partial charge on any atom is 0.319 e. The van der Waals surface area contributed by atoms with Gasteiger partial charge in [-0.15, -0.1) is 0 Å². The zero-order chi connectivity index (χ0) is 10.4. The van der Waals surface area contributed by atoms with Crippen LogP contribution < -0.4 is 0 Å². The quantitative estimate of drug-likeness (QED) is 0.575. The summed E-state index contributed by atoms with van der Waals surface area (Å²) in [7, 11) is 0. The molecule has 1 unspecified atom stereocenters. The van der Waals surface area contributed by atoms with Crippen molar-refractivity contribution in [3.63, 3.8) is 0 Å². The van der Waals surface area contributed by atoms with E-state index in [4.69, 9.17) is 4.74 Å². The molecule has 0 bridgehead atoms. The molecular formula is C9H16BrNO2S. The first-order valence-corrected chi connectivity index (χ1v) is 6.88. The summed E-state index contributed by atoms with van der Waals surface area (Å²) in [6.45, 7) is 5.39. The molecule has 1 fully saturated rings. The number of carbonyl (C=O) groups is 1. The van der Waals surface area contributed by atoms with Gasteiger partial charge in [0.1, 0.15) is 11.4 Å². The molecule has 1 atom stereocenters. The van der Waals surface area contributed by atoms with Crippen molar-refractivity contribution in [2.24, 2.45) is 0 Å². The smallest absolute Gasteiger partial charge is 0.319 e. The van der Waals surface area contributed by atoms with E-state index in [-0.39, 0.29) is 10.8 Å². The SMILES string of the molecule is CC(Br)C(=O)OCCN1CCSCC1. The fraction of sp³-hybridized carbons (Fsp3) is 0.889. The molecule has 1 heterocycles. The minimum Gasteiger partial charge on any atom is -0.463 e. The Bertz CT molecular complexity index is 184. The van der Waals surface area contributed by atoms with Gasteiger partial charge in [0, 0.05) is 31.1 Å². The van der Waals surface area contributed by atoms with Gasteiger partial charge in [-0.3, -0.25) is 9.69 Å². The van der Waals surface area contributed by atoms with E-state index >= 15 is 0 Å². The number of ether oxygens (including phenoxy) is 1. The number of nitrogens with zero attached hydrogens (tertiary/aromatic N) is 1. The number of hydrogen-bond acceptors (Lipinski definition) is 4. The van der Waals surface area contributed by atoms with Gasteiger partial charge in [-0.1, -0.05) is 15.9 Å². The third kappa shape index (κ3) is 4.66. The molecule has 0 spiro atoms. The number of esters is 1. The highest BCUT2D eigenvalue weighted by molar-refractivity contribution is 9.10. The lowest BCUT2D eigenvalue weighted by Crippen LogP contribution is -2.35. The second-order valence-corrected chi connectivity index (χ2v) is 5.84. The van der Waals surface area contributed by atoms with Crippen molar-refractivity contribution in [1.29, 1.82) is 0 Å². The largest absolute Gasteiger partial charge is 0.463 e. The standard InChI is InChI=1S/C9H16BrNO2S/c1-8(10)9(12)13-5-2-11-3-6-14-7-4-11/h8H,2-7H2,1H3. The second kappa shape index (κ2) is 6.69. The molecule has 0 N–H and O–H groups in total. The van der Waals surface area contributed by atoms with Gasteiger partial charge in [-0.25, -0.2) is 0 Å². The summed E-state index contributed by atoms with van der Waals surface area (Å²) in [6, 6.07) is 0. The molecule has 5 heteroatoms. The van der Waals surface area contributed by atoms with Crippen LogP contribution in [0.15, 0.2) is 0 Å². The van der Waals surface area contributed by atoms with Crippen molar-refractivity contribution in [3.05, 3.63) is 0 Å². The van der Waals surface area contributed by atoms with Gasteiger partial charge in [-0.2, -0.15) is 11.8 Å². The first kappa shape index (κ1) is 12.3. The Morgan fingerprint density at radius 1 is 1.57 bits per heavy atom. The number of alkyl halides is 1. The average molecular weight is 282 g/mol. The van der Waals surface area contributed by atoms with Crippen molar-refractivity contribution in [1.82, 2.24) is 4.90 Å². The monoisotopic (exact) mass is 281 g/mol. The molecule has 0 aromatic carbocycles. The van der Waals surface area contributed by atoms with Crippen LogP contribution in [0.5, 0.6) is 0 Å². The van der Waals surface area contributed by atoms with E-state index in [1.165, 1.54) is 11.5 Å². The van der Waals surface area contributed by atoms with Crippen molar-refractivity contribution in [2.75, 3.05) is 37.7 Å².